The maximum absolute atomic E-state index is 11.6. The Kier molecular flexibility index (Phi) is 11.9. The van der Waals surface area contributed by atoms with E-state index in [4.69, 9.17) is 4.52 Å². The summed E-state index contributed by atoms with van der Waals surface area (Å²) in [6.07, 6.45) is -2.64. The van der Waals surface area contributed by atoms with Crippen LogP contribution in [0, 0.1) is 13.8 Å². The number of aryl methyl sites for hydroxylation is 2. The van der Waals surface area contributed by atoms with Crippen LogP contribution < -0.4 is 0 Å². The fourth-order valence-electron chi connectivity index (χ4n) is 1.01. The first-order valence-corrected chi connectivity index (χ1v) is 7.59. The normalized spacial score (nSPS) is 9.91. The molecule has 0 bridgehead atoms. The maximum atomic E-state index is 11.6. The van der Waals surface area contributed by atoms with Crippen molar-refractivity contribution in [2.24, 2.45) is 0 Å². The molecule has 23 heavy (non-hydrogen) atoms. The summed E-state index contributed by atoms with van der Waals surface area (Å²) >= 11 is 0. The highest BCUT2D eigenvalue weighted by molar-refractivity contribution is 4.98. The summed E-state index contributed by atoms with van der Waals surface area (Å²) in [6.45, 7) is 17.4. The number of alkyl halides is 2. The topological polar surface area (TPSA) is 77.8 Å². The van der Waals surface area contributed by atoms with Gasteiger partial charge < -0.3 is 9.05 Å². The lowest BCUT2D eigenvalue weighted by Crippen LogP contribution is -2.13. The highest BCUT2D eigenvalue weighted by Crippen LogP contribution is 2.17. The molecule has 0 amide bonds. The molecule has 0 aliphatic heterocycles. The van der Waals surface area contributed by atoms with E-state index in [1.54, 1.807) is 6.92 Å². The number of hydrogen-bond donors (Lipinski definition) is 0. The summed E-state index contributed by atoms with van der Waals surface area (Å²) < 4.78 is 32.3. The summed E-state index contributed by atoms with van der Waals surface area (Å²) in [5.41, 5.74) is -0.00222. The van der Waals surface area contributed by atoms with Gasteiger partial charge in [-0.15, -0.1) is 0 Å². The van der Waals surface area contributed by atoms with E-state index in [1.165, 1.54) is 6.92 Å². The maximum Gasteiger partial charge on any atom is 0.300 e. The third-order valence-electron chi connectivity index (χ3n) is 1.94. The lowest BCUT2D eigenvalue weighted by atomic mass is 9.96. The standard InChI is InChI=1S/C7H12N2O.C4H4F2N2O.2C2H6/c1-5-8-6(9-10-5)7(2,3)4;1-2-7-4(3(5)6)8-9-2;2*1-2/h1-4H3;3H,1H3;2*1-2H3. The molecule has 0 atom stereocenters. The van der Waals surface area contributed by atoms with Crippen molar-refractivity contribution in [3.63, 3.8) is 0 Å². The van der Waals surface area contributed by atoms with Crippen LogP contribution in [-0.4, -0.2) is 20.3 Å². The van der Waals surface area contributed by atoms with Crippen molar-refractivity contribution in [2.45, 2.75) is 74.2 Å². The molecule has 0 unspecified atom stereocenters. The monoisotopic (exact) mass is 334 g/mol. The third kappa shape index (κ3) is 9.70. The molecule has 8 heteroatoms. The van der Waals surface area contributed by atoms with Gasteiger partial charge in [0.15, 0.2) is 5.82 Å². The minimum absolute atomic E-state index is 0.00222. The molecule has 2 aromatic rings. The molecular weight excluding hydrogens is 306 g/mol. The zero-order chi connectivity index (χ0) is 18.6. The van der Waals surface area contributed by atoms with Crippen LogP contribution in [0.3, 0.4) is 0 Å². The zero-order valence-corrected chi connectivity index (χ0v) is 15.4. The van der Waals surface area contributed by atoms with Crippen molar-refractivity contribution >= 4 is 0 Å². The van der Waals surface area contributed by atoms with Crippen molar-refractivity contribution in [1.82, 2.24) is 20.3 Å². The molecule has 0 saturated heterocycles. The predicted octanol–water partition coefficient (Wildman–Crippen LogP) is 5.04. The van der Waals surface area contributed by atoms with E-state index < -0.39 is 12.2 Å². The molecule has 2 aromatic heterocycles. The Morgan fingerprint density at radius 1 is 0.826 bits per heavy atom. The predicted molar refractivity (Wildman–Crippen MR) is 84.4 cm³/mol. The van der Waals surface area contributed by atoms with Gasteiger partial charge in [-0.05, 0) is 0 Å². The second kappa shape index (κ2) is 11.7. The average Bonchev–Trinajstić information content (AvgIpc) is 3.12. The molecule has 0 radical (unpaired) electrons. The summed E-state index contributed by atoms with van der Waals surface area (Å²) in [6, 6.07) is 0. The Morgan fingerprint density at radius 3 is 1.43 bits per heavy atom. The van der Waals surface area contributed by atoms with Crippen LogP contribution in [0.2, 0.25) is 0 Å². The lowest BCUT2D eigenvalue weighted by Gasteiger charge is -2.10. The summed E-state index contributed by atoms with van der Waals surface area (Å²) in [7, 11) is 0. The molecule has 0 aliphatic rings. The smallest absolute Gasteiger partial charge is 0.300 e. The van der Waals surface area contributed by atoms with Crippen molar-refractivity contribution in [3.05, 3.63) is 23.4 Å². The first kappa shape index (κ1) is 23.4. The molecule has 0 aliphatic carbocycles. The van der Waals surface area contributed by atoms with Crippen LogP contribution in [0.25, 0.3) is 0 Å². The second-order valence-electron chi connectivity index (χ2n) is 4.86. The summed E-state index contributed by atoms with van der Waals surface area (Å²) in [5.74, 6) is 1.01. The van der Waals surface area contributed by atoms with E-state index in [0.29, 0.717) is 5.89 Å². The van der Waals surface area contributed by atoms with Gasteiger partial charge >= 0.3 is 6.43 Å². The highest BCUT2D eigenvalue weighted by Gasteiger charge is 2.19. The zero-order valence-electron chi connectivity index (χ0n) is 15.4. The van der Waals surface area contributed by atoms with Gasteiger partial charge in [-0.3, -0.25) is 0 Å². The quantitative estimate of drug-likeness (QED) is 0.726. The number of rotatable bonds is 1. The van der Waals surface area contributed by atoms with E-state index in [-0.39, 0.29) is 11.3 Å². The van der Waals surface area contributed by atoms with E-state index in [9.17, 15) is 8.78 Å². The molecule has 0 saturated carbocycles. The van der Waals surface area contributed by atoms with E-state index in [0.717, 1.165) is 5.82 Å². The minimum atomic E-state index is -2.64. The van der Waals surface area contributed by atoms with E-state index in [1.807, 2.05) is 27.7 Å². The Hall–Kier alpha value is -1.86. The molecule has 0 spiro atoms. The van der Waals surface area contributed by atoms with Crippen LogP contribution in [0.1, 0.15) is 78.3 Å². The van der Waals surface area contributed by atoms with Gasteiger partial charge in [-0.2, -0.15) is 9.97 Å². The second-order valence-corrected chi connectivity index (χ2v) is 4.86. The van der Waals surface area contributed by atoms with Crippen molar-refractivity contribution < 1.29 is 17.8 Å². The van der Waals surface area contributed by atoms with Crippen LogP contribution in [0.15, 0.2) is 9.05 Å². The Balaban J connectivity index is 0. The summed E-state index contributed by atoms with van der Waals surface area (Å²) in [4.78, 5) is 7.39. The molecule has 6 nitrogen and oxygen atoms in total. The molecule has 2 heterocycles. The SMILES string of the molecule is CC.CC.Cc1nc(C(C)(C)C)no1.Cc1nc(C(F)F)no1. The number of halogens is 2. The molecule has 0 N–H and O–H groups in total. The minimum Gasteiger partial charge on any atom is -0.340 e. The summed E-state index contributed by atoms with van der Waals surface area (Å²) in [5, 5.41) is 6.78. The van der Waals surface area contributed by atoms with Gasteiger partial charge in [0.25, 0.3) is 0 Å². The Morgan fingerprint density at radius 2 is 1.26 bits per heavy atom. The van der Waals surface area contributed by atoms with Crippen molar-refractivity contribution in [3.8, 4) is 0 Å². The first-order valence-electron chi connectivity index (χ1n) is 7.59. The molecular formula is C15H28F2N4O2. The van der Waals surface area contributed by atoms with Crippen LogP contribution >= 0.6 is 0 Å². The van der Waals surface area contributed by atoms with Crippen molar-refractivity contribution in [2.75, 3.05) is 0 Å². The number of aromatic nitrogens is 4. The van der Waals surface area contributed by atoms with E-state index >= 15 is 0 Å². The third-order valence-corrected chi connectivity index (χ3v) is 1.94. The van der Waals surface area contributed by atoms with Crippen LogP contribution in [0.5, 0.6) is 0 Å². The fraction of sp³-hybridized carbons (Fsp3) is 0.733. The largest absolute Gasteiger partial charge is 0.340 e. The Bertz CT molecular complexity index is 520. The number of hydrogen-bond acceptors (Lipinski definition) is 6. The van der Waals surface area contributed by atoms with Gasteiger partial charge in [0, 0.05) is 19.3 Å². The van der Waals surface area contributed by atoms with Gasteiger partial charge in [0.05, 0.1) is 0 Å². The average molecular weight is 334 g/mol. The van der Waals surface area contributed by atoms with Crippen molar-refractivity contribution in [1.29, 1.82) is 0 Å². The van der Waals surface area contributed by atoms with Crippen LogP contribution in [0.4, 0.5) is 8.78 Å². The lowest BCUT2D eigenvalue weighted by molar-refractivity contribution is 0.136. The molecule has 0 fully saturated rings. The number of nitrogens with zero attached hydrogens (tertiary/aromatic N) is 4. The molecule has 0 aromatic carbocycles. The highest BCUT2D eigenvalue weighted by atomic mass is 19.3. The van der Waals surface area contributed by atoms with Gasteiger partial charge in [0.1, 0.15) is 0 Å². The van der Waals surface area contributed by atoms with E-state index in [2.05, 4.69) is 45.6 Å². The van der Waals surface area contributed by atoms with Crippen LogP contribution in [-0.2, 0) is 5.41 Å². The van der Waals surface area contributed by atoms with Gasteiger partial charge in [-0.25, -0.2) is 8.78 Å². The molecule has 134 valence electrons. The fourth-order valence-corrected chi connectivity index (χ4v) is 1.01. The van der Waals surface area contributed by atoms with Gasteiger partial charge in [-0.1, -0.05) is 58.8 Å². The Labute approximate surface area is 136 Å². The van der Waals surface area contributed by atoms with Gasteiger partial charge in [0.2, 0.25) is 17.6 Å². The first-order chi connectivity index (χ1) is 10.7. The molecule has 2 rings (SSSR count).